The second-order valence-corrected chi connectivity index (χ2v) is 5.93. The molecular weight excluding hydrogens is 278 g/mol. The van der Waals surface area contributed by atoms with Gasteiger partial charge in [-0.3, -0.25) is 9.59 Å². The maximum Gasteiger partial charge on any atom is 0.306 e. The van der Waals surface area contributed by atoms with Gasteiger partial charge in [-0.15, -0.1) is 0 Å². The summed E-state index contributed by atoms with van der Waals surface area (Å²) in [6.07, 6.45) is 6.93. The molecule has 0 saturated heterocycles. The van der Waals surface area contributed by atoms with Gasteiger partial charge in [0.1, 0.15) is 0 Å². The average Bonchev–Trinajstić information content (AvgIpc) is 2.59. The molecular formula is C18H25NO3. The number of amides is 1. The summed E-state index contributed by atoms with van der Waals surface area (Å²) in [5.74, 6) is 0.228. The Hall–Kier alpha value is -1.84. The molecule has 1 amide bonds. The van der Waals surface area contributed by atoms with E-state index in [1.165, 1.54) is 44.8 Å². The third-order valence-electron chi connectivity index (χ3n) is 4.33. The van der Waals surface area contributed by atoms with Crippen LogP contribution in [0.2, 0.25) is 0 Å². The molecule has 0 spiro atoms. The third-order valence-corrected chi connectivity index (χ3v) is 4.33. The Morgan fingerprint density at radius 3 is 2.41 bits per heavy atom. The molecule has 4 nitrogen and oxygen atoms in total. The van der Waals surface area contributed by atoms with Crippen molar-refractivity contribution >= 4 is 11.9 Å². The smallest absolute Gasteiger partial charge is 0.306 e. The molecule has 22 heavy (non-hydrogen) atoms. The fraction of sp³-hybridized carbons (Fsp3) is 0.556. The quantitative estimate of drug-likeness (QED) is 0.820. The molecule has 1 aliphatic carbocycles. The topological polar surface area (TPSA) is 55.4 Å². The van der Waals surface area contributed by atoms with Gasteiger partial charge in [0.15, 0.2) is 0 Å². The van der Waals surface area contributed by atoms with E-state index in [0.717, 1.165) is 5.56 Å². The minimum atomic E-state index is -0.355. The van der Waals surface area contributed by atoms with Crippen molar-refractivity contribution in [3.63, 3.8) is 0 Å². The van der Waals surface area contributed by atoms with Crippen molar-refractivity contribution in [3.8, 4) is 0 Å². The summed E-state index contributed by atoms with van der Waals surface area (Å²) in [6, 6.07) is 8.55. The lowest BCUT2D eigenvalue weighted by Crippen LogP contribution is -2.23. The Balaban J connectivity index is 1.76. The van der Waals surface area contributed by atoms with E-state index in [4.69, 9.17) is 0 Å². The number of carbonyl (C=O) groups is 2. The first-order valence-electron chi connectivity index (χ1n) is 8.11. The van der Waals surface area contributed by atoms with E-state index in [0.29, 0.717) is 12.5 Å². The van der Waals surface area contributed by atoms with Crippen LogP contribution in [-0.4, -0.2) is 19.0 Å². The minimum absolute atomic E-state index is 0.123. The normalized spacial score (nSPS) is 15.3. The van der Waals surface area contributed by atoms with Crippen LogP contribution in [0, 0.1) is 0 Å². The van der Waals surface area contributed by atoms with Gasteiger partial charge >= 0.3 is 5.97 Å². The van der Waals surface area contributed by atoms with Crippen molar-refractivity contribution < 1.29 is 14.3 Å². The van der Waals surface area contributed by atoms with Crippen LogP contribution in [0.3, 0.4) is 0 Å². The van der Waals surface area contributed by atoms with Crippen LogP contribution in [0.25, 0.3) is 0 Å². The highest BCUT2D eigenvalue weighted by molar-refractivity contribution is 5.81. The molecule has 1 fully saturated rings. The van der Waals surface area contributed by atoms with Gasteiger partial charge in [0.2, 0.25) is 5.91 Å². The predicted octanol–water partition coefficient (Wildman–Crippen LogP) is 3.30. The minimum Gasteiger partial charge on any atom is -0.469 e. The Morgan fingerprint density at radius 2 is 1.77 bits per heavy atom. The summed E-state index contributed by atoms with van der Waals surface area (Å²) in [6.45, 7) is 0.505. The number of rotatable bonds is 6. The van der Waals surface area contributed by atoms with Crippen LogP contribution in [-0.2, 0) is 20.9 Å². The lowest BCUT2D eigenvalue weighted by molar-refractivity contribution is -0.142. The summed E-state index contributed by atoms with van der Waals surface area (Å²) in [5, 5.41) is 2.83. The van der Waals surface area contributed by atoms with Gasteiger partial charge in [-0.2, -0.15) is 0 Å². The van der Waals surface area contributed by atoms with E-state index in [1.807, 2.05) is 0 Å². The van der Waals surface area contributed by atoms with Gasteiger partial charge in [0.25, 0.3) is 0 Å². The van der Waals surface area contributed by atoms with Crippen molar-refractivity contribution in [2.75, 3.05) is 7.11 Å². The average molecular weight is 303 g/mol. The molecule has 1 aromatic rings. The number of hydrogen-bond donors (Lipinski definition) is 1. The first-order chi connectivity index (χ1) is 10.7. The lowest BCUT2D eigenvalue weighted by Gasteiger charge is -2.22. The van der Waals surface area contributed by atoms with Gasteiger partial charge in [0.05, 0.1) is 13.5 Å². The summed E-state index contributed by atoms with van der Waals surface area (Å²) >= 11 is 0. The van der Waals surface area contributed by atoms with E-state index in [1.54, 1.807) is 0 Å². The Labute approximate surface area is 132 Å². The molecule has 1 N–H and O–H groups in total. The van der Waals surface area contributed by atoms with E-state index < -0.39 is 0 Å². The molecule has 2 rings (SSSR count). The Bertz CT molecular complexity index is 490. The van der Waals surface area contributed by atoms with Gasteiger partial charge in [-0.1, -0.05) is 43.5 Å². The van der Waals surface area contributed by atoms with Gasteiger partial charge < -0.3 is 10.1 Å². The van der Waals surface area contributed by atoms with Crippen LogP contribution in [0.4, 0.5) is 0 Å². The molecule has 0 aliphatic heterocycles. The molecule has 120 valence electrons. The van der Waals surface area contributed by atoms with Crippen LogP contribution in [0.5, 0.6) is 0 Å². The standard InChI is InChI=1S/C18H25NO3/c1-22-18(21)12-11-17(20)19-13-14-7-9-16(10-8-14)15-5-3-2-4-6-15/h7-10,15H,2-6,11-13H2,1H3,(H,19,20). The fourth-order valence-electron chi connectivity index (χ4n) is 2.95. The van der Waals surface area contributed by atoms with Crippen LogP contribution in [0.1, 0.15) is 62.0 Å². The first-order valence-corrected chi connectivity index (χ1v) is 8.11. The second-order valence-electron chi connectivity index (χ2n) is 5.93. The molecule has 0 atom stereocenters. The Morgan fingerprint density at radius 1 is 1.09 bits per heavy atom. The largest absolute Gasteiger partial charge is 0.469 e. The monoisotopic (exact) mass is 303 g/mol. The fourth-order valence-corrected chi connectivity index (χ4v) is 2.95. The van der Waals surface area contributed by atoms with E-state index in [9.17, 15) is 9.59 Å². The summed E-state index contributed by atoms with van der Waals surface area (Å²) in [7, 11) is 1.33. The van der Waals surface area contributed by atoms with Crippen LogP contribution in [0.15, 0.2) is 24.3 Å². The zero-order valence-corrected chi connectivity index (χ0v) is 13.3. The van der Waals surface area contributed by atoms with Gasteiger partial charge in [-0.25, -0.2) is 0 Å². The SMILES string of the molecule is COC(=O)CCC(=O)NCc1ccc(C2CCCCC2)cc1. The van der Waals surface area contributed by atoms with Crippen molar-refractivity contribution in [1.82, 2.24) is 5.32 Å². The first kappa shape index (κ1) is 16.5. The van der Waals surface area contributed by atoms with E-state index in [2.05, 4.69) is 34.3 Å². The highest BCUT2D eigenvalue weighted by atomic mass is 16.5. The van der Waals surface area contributed by atoms with Crippen molar-refractivity contribution in [2.24, 2.45) is 0 Å². The molecule has 0 bridgehead atoms. The van der Waals surface area contributed by atoms with Crippen molar-refractivity contribution in [2.45, 2.75) is 57.4 Å². The van der Waals surface area contributed by atoms with Crippen LogP contribution < -0.4 is 5.32 Å². The third kappa shape index (κ3) is 5.17. The number of ether oxygens (including phenoxy) is 1. The summed E-state index contributed by atoms with van der Waals surface area (Å²) in [5.41, 5.74) is 2.51. The Kier molecular flexibility index (Phi) is 6.44. The molecule has 4 heteroatoms. The van der Waals surface area contributed by atoms with Crippen molar-refractivity contribution in [1.29, 1.82) is 0 Å². The lowest BCUT2D eigenvalue weighted by atomic mass is 9.84. The second kappa shape index (κ2) is 8.57. The molecule has 1 saturated carbocycles. The molecule has 0 heterocycles. The zero-order valence-electron chi connectivity index (χ0n) is 13.3. The van der Waals surface area contributed by atoms with Gasteiger partial charge in [-0.05, 0) is 29.9 Å². The highest BCUT2D eigenvalue weighted by Gasteiger charge is 2.15. The van der Waals surface area contributed by atoms with Crippen LogP contribution >= 0.6 is 0 Å². The zero-order chi connectivity index (χ0) is 15.8. The number of carbonyl (C=O) groups excluding carboxylic acids is 2. The molecule has 0 unspecified atom stereocenters. The van der Waals surface area contributed by atoms with E-state index >= 15 is 0 Å². The van der Waals surface area contributed by atoms with Crippen molar-refractivity contribution in [3.05, 3.63) is 35.4 Å². The van der Waals surface area contributed by atoms with Gasteiger partial charge in [0, 0.05) is 13.0 Å². The molecule has 1 aromatic carbocycles. The molecule has 0 radical (unpaired) electrons. The molecule has 0 aromatic heterocycles. The number of methoxy groups -OCH3 is 1. The predicted molar refractivity (Wildman–Crippen MR) is 85.4 cm³/mol. The number of nitrogens with one attached hydrogen (secondary N) is 1. The number of hydrogen-bond acceptors (Lipinski definition) is 3. The number of esters is 1. The maximum atomic E-state index is 11.6. The van der Waals surface area contributed by atoms with E-state index in [-0.39, 0.29) is 24.7 Å². The summed E-state index contributed by atoms with van der Waals surface area (Å²) in [4.78, 5) is 22.6. The number of benzene rings is 1. The highest BCUT2D eigenvalue weighted by Crippen LogP contribution is 2.32. The summed E-state index contributed by atoms with van der Waals surface area (Å²) < 4.78 is 4.52. The molecule has 1 aliphatic rings. The maximum absolute atomic E-state index is 11.6.